The maximum absolute atomic E-state index is 13.4. The maximum Gasteiger partial charge on any atom is 0.416 e. The number of pyridine rings is 1. The Morgan fingerprint density at radius 2 is 1.64 bits per heavy atom. The number of nitrogens with zero attached hydrogens (tertiary/aromatic N) is 1. The third kappa shape index (κ3) is 4.33. The number of aromatic nitrogens is 1. The zero-order chi connectivity index (χ0) is 23.9. The van der Waals surface area contributed by atoms with Crippen LogP contribution >= 0.6 is 0 Å². The SMILES string of the molecule is Cc1ccc(NC(=O)c2cc3c(n(-c4ccc(C(F)(F)F)cc4)c2=O)CCCC3=O)cc1C. The lowest BCUT2D eigenvalue weighted by Crippen LogP contribution is -2.33. The third-order valence-electron chi connectivity index (χ3n) is 5.88. The molecule has 0 aliphatic heterocycles. The Morgan fingerprint density at radius 3 is 2.27 bits per heavy atom. The number of rotatable bonds is 3. The molecule has 1 N–H and O–H groups in total. The first kappa shape index (κ1) is 22.5. The van der Waals surface area contributed by atoms with Crippen LogP contribution in [0.1, 0.15) is 55.9 Å². The first-order valence-corrected chi connectivity index (χ1v) is 10.4. The van der Waals surface area contributed by atoms with Gasteiger partial charge in [-0.1, -0.05) is 6.07 Å². The highest BCUT2D eigenvalue weighted by Crippen LogP contribution is 2.30. The van der Waals surface area contributed by atoms with E-state index in [2.05, 4.69) is 5.32 Å². The van der Waals surface area contributed by atoms with Crippen LogP contribution in [0.4, 0.5) is 18.9 Å². The van der Waals surface area contributed by atoms with Crippen molar-refractivity contribution in [1.29, 1.82) is 0 Å². The summed E-state index contributed by atoms with van der Waals surface area (Å²) < 4.78 is 40.2. The van der Waals surface area contributed by atoms with Crippen LogP contribution in [0.15, 0.2) is 53.3 Å². The smallest absolute Gasteiger partial charge is 0.322 e. The summed E-state index contributed by atoms with van der Waals surface area (Å²) in [6.07, 6.45) is -3.33. The van der Waals surface area contributed by atoms with Crippen molar-refractivity contribution in [2.45, 2.75) is 39.3 Å². The van der Waals surface area contributed by atoms with Crippen LogP contribution in [-0.4, -0.2) is 16.3 Å². The van der Waals surface area contributed by atoms with Crippen LogP contribution in [0.2, 0.25) is 0 Å². The second-order valence-electron chi connectivity index (χ2n) is 8.13. The van der Waals surface area contributed by atoms with E-state index in [1.807, 2.05) is 19.9 Å². The standard InChI is InChI=1S/C25H21F3N2O3/c1-14-6-9-17(12-15(14)2)29-23(32)20-13-19-21(4-3-5-22(19)31)30(24(20)33)18-10-7-16(8-11-18)25(26,27)28/h6-13H,3-5H2,1-2H3,(H,29,32). The molecule has 170 valence electrons. The number of fused-ring (bicyclic) bond motifs is 1. The van der Waals surface area contributed by atoms with E-state index in [9.17, 15) is 27.6 Å². The van der Waals surface area contributed by atoms with Crippen LogP contribution in [0, 0.1) is 13.8 Å². The van der Waals surface area contributed by atoms with Gasteiger partial charge in [-0.05, 0) is 80.3 Å². The predicted molar refractivity (Wildman–Crippen MR) is 118 cm³/mol. The van der Waals surface area contributed by atoms with Crippen LogP contribution in [-0.2, 0) is 12.6 Å². The van der Waals surface area contributed by atoms with E-state index in [0.717, 1.165) is 23.3 Å². The zero-order valence-corrected chi connectivity index (χ0v) is 18.0. The van der Waals surface area contributed by atoms with E-state index in [1.165, 1.54) is 22.8 Å². The number of carbonyl (C=O) groups excluding carboxylic acids is 2. The van der Waals surface area contributed by atoms with Crippen LogP contribution in [0.5, 0.6) is 0 Å². The summed E-state index contributed by atoms with van der Waals surface area (Å²) in [6, 6.07) is 10.7. The fraction of sp³-hybridized carbons (Fsp3) is 0.240. The monoisotopic (exact) mass is 454 g/mol. The molecule has 4 rings (SSSR count). The molecule has 0 radical (unpaired) electrons. The number of ketones is 1. The molecule has 0 bridgehead atoms. The number of hydrogen-bond acceptors (Lipinski definition) is 3. The highest BCUT2D eigenvalue weighted by atomic mass is 19.4. The summed E-state index contributed by atoms with van der Waals surface area (Å²) >= 11 is 0. The van der Waals surface area contributed by atoms with Crippen molar-refractivity contribution in [2.24, 2.45) is 0 Å². The summed E-state index contributed by atoms with van der Waals surface area (Å²) in [4.78, 5) is 38.9. The number of hydrogen-bond donors (Lipinski definition) is 1. The van der Waals surface area contributed by atoms with Gasteiger partial charge in [0.25, 0.3) is 11.5 Å². The summed E-state index contributed by atoms with van der Waals surface area (Å²) in [7, 11) is 0. The average molecular weight is 454 g/mol. The minimum Gasteiger partial charge on any atom is -0.322 e. The number of alkyl halides is 3. The van der Waals surface area contributed by atoms with Crippen molar-refractivity contribution in [2.75, 3.05) is 5.32 Å². The first-order chi connectivity index (χ1) is 15.6. The Kier molecular flexibility index (Phi) is 5.69. The van der Waals surface area contributed by atoms with Gasteiger partial charge in [-0.3, -0.25) is 19.0 Å². The molecular formula is C25H21F3N2O3. The van der Waals surface area contributed by atoms with Crippen molar-refractivity contribution >= 4 is 17.4 Å². The summed E-state index contributed by atoms with van der Waals surface area (Å²) in [6.45, 7) is 3.82. The molecule has 1 aliphatic carbocycles. The fourth-order valence-electron chi connectivity index (χ4n) is 3.94. The third-order valence-corrected chi connectivity index (χ3v) is 5.88. The topological polar surface area (TPSA) is 68.2 Å². The van der Waals surface area contributed by atoms with Gasteiger partial charge >= 0.3 is 6.18 Å². The highest BCUT2D eigenvalue weighted by Gasteiger charge is 2.31. The maximum atomic E-state index is 13.4. The Bertz CT molecular complexity index is 1320. The molecular weight excluding hydrogens is 433 g/mol. The Hall–Kier alpha value is -3.68. The van der Waals surface area contributed by atoms with Crippen molar-refractivity contribution in [3.8, 4) is 5.69 Å². The van der Waals surface area contributed by atoms with E-state index in [0.29, 0.717) is 24.2 Å². The second kappa shape index (κ2) is 8.35. The normalized spacial score (nSPS) is 13.5. The summed E-state index contributed by atoms with van der Waals surface area (Å²) in [5.41, 5.74) is 1.50. The number of anilines is 1. The Balaban J connectivity index is 1.83. The number of Topliss-reactive ketones (excluding diaryl/α,β-unsaturated/α-hetero) is 1. The number of halogens is 3. The lowest BCUT2D eigenvalue weighted by atomic mass is 9.92. The van der Waals surface area contributed by atoms with Gasteiger partial charge in [-0.25, -0.2) is 0 Å². The van der Waals surface area contributed by atoms with E-state index < -0.39 is 23.2 Å². The van der Waals surface area contributed by atoms with E-state index in [-0.39, 0.29) is 29.0 Å². The average Bonchev–Trinajstić information content (AvgIpc) is 2.75. The molecule has 0 unspecified atom stereocenters. The van der Waals surface area contributed by atoms with Gasteiger partial charge in [0, 0.05) is 29.1 Å². The Labute approximate surface area is 187 Å². The van der Waals surface area contributed by atoms with E-state index >= 15 is 0 Å². The van der Waals surface area contributed by atoms with Gasteiger partial charge < -0.3 is 5.32 Å². The Morgan fingerprint density at radius 1 is 0.939 bits per heavy atom. The molecule has 2 aromatic carbocycles. The van der Waals surface area contributed by atoms with E-state index in [4.69, 9.17) is 0 Å². The lowest BCUT2D eigenvalue weighted by Gasteiger charge is -2.22. The van der Waals surface area contributed by atoms with Gasteiger partial charge in [0.1, 0.15) is 5.56 Å². The molecule has 0 saturated carbocycles. The minimum atomic E-state index is -4.52. The quantitative estimate of drug-likeness (QED) is 0.588. The van der Waals surface area contributed by atoms with Crippen LogP contribution < -0.4 is 10.9 Å². The molecule has 0 atom stereocenters. The van der Waals surface area contributed by atoms with E-state index in [1.54, 1.807) is 12.1 Å². The summed E-state index contributed by atoms with van der Waals surface area (Å²) in [5.74, 6) is -0.901. The number of aryl methyl sites for hydroxylation is 2. The number of amides is 1. The minimum absolute atomic E-state index is 0.166. The molecule has 1 amide bonds. The predicted octanol–water partition coefficient (Wildman–Crippen LogP) is 5.24. The molecule has 5 nitrogen and oxygen atoms in total. The van der Waals surface area contributed by atoms with Crippen molar-refractivity contribution < 1.29 is 22.8 Å². The second-order valence-corrected chi connectivity index (χ2v) is 8.13. The zero-order valence-electron chi connectivity index (χ0n) is 18.0. The number of nitrogens with one attached hydrogen (secondary N) is 1. The van der Waals surface area contributed by atoms with Crippen molar-refractivity contribution in [3.05, 3.63) is 92.4 Å². The van der Waals surface area contributed by atoms with Crippen LogP contribution in [0.3, 0.4) is 0 Å². The van der Waals surface area contributed by atoms with Gasteiger partial charge in [-0.2, -0.15) is 13.2 Å². The van der Waals surface area contributed by atoms with Gasteiger partial charge in [-0.15, -0.1) is 0 Å². The number of carbonyl (C=O) groups is 2. The van der Waals surface area contributed by atoms with Crippen molar-refractivity contribution in [1.82, 2.24) is 4.57 Å². The fourth-order valence-corrected chi connectivity index (χ4v) is 3.94. The first-order valence-electron chi connectivity index (χ1n) is 10.4. The molecule has 0 spiro atoms. The van der Waals surface area contributed by atoms with Crippen LogP contribution in [0.25, 0.3) is 5.69 Å². The molecule has 1 aliphatic rings. The largest absolute Gasteiger partial charge is 0.416 e. The molecule has 3 aromatic rings. The molecule has 8 heteroatoms. The molecule has 1 aromatic heterocycles. The van der Waals surface area contributed by atoms with Gasteiger partial charge in [0.15, 0.2) is 5.78 Å². The van der Waals surface area contributed by atoms with Crippen molar-refractivity contribution in [3.63, 3.8) is 0 Å². The van der Waals surface area contributed by atoms with Gasteiger partial charge in [0.05, 0.1) is 5.56 Å². The molecule has 0 fully saturated rings. The molecule has 0 saturated heterocycles. The molecule has 33 heavy (non-hydrogen) atoms. The van der Waals surface area contributed by atoms with Gasteiger partial charge in [0.2, 0.25) is 0 Å². The highest BCUT2D eigenvalue weighted by molar-refractivity contribution is 6.06. The lowest BCUT2D eigenvalue weighted by molar-refractivity contribution is -0.137. The summed E-state index contributed by atoms with van der Waals surface area (Å²) in [5, 5.41) is 2.68. The number of benzene rings is 2. The molecule has 1 heterocycles.